The fourth-order valence-corrected chi connectivity index (χ4v) is 4.17. The number of carbonyl (C=O) groups is 1. The minimum absolute atomic E-state index is 0.00437. The molecule has 0 saturated carbocycles. The predicted molar refractivity (Wildman–Crippen MR) is 116 cm³/mol. The molecule has 3 aromatic rings. The molecule has 4 rings (SSSR count). The van der Waals surface area contributed by atoms with Gasteiger partial charge in [-0.05, 0) is 12.0 Å². The van der Waals surface area contributed by atoms with Crippen molar-refractivity contribution >= 4 is 11.7 Å². The van der Waals surface area contributed by atoms with Crippen LogP contribution in [0.3, 0.4) is 0 Å². The van der Waals surface area contributed by atoms with Gasteiger partial charge in [-0.15, -0.1) is 0 Å². The third kappa shape index (κ3) is 5.38. The number of anilines is 1. The Morgan fingerprint density at radius 2 is 2.00 bits per heavy atom. The molecule has 35 heavy (non-hydrogen) atoms. The van der Waals surface area contributed by atoms with Gasteiger partial charge in [0.25, 0.3) is 11.8 Å². The van der Waals surface area contributed by atoms with Gasteiger partial charge < -0.3 is 10.2 Å². The Labute approximate surface area is 197 Å². The second-order valence-electron chi connectivity index (χ2n) is 8.51. The summed E-state index contributed by atoms with van der Waals surface area (Å²) in [7, 11) is 1.62. The summed E-state index contributed by atoms with van der Waals surface area (Å²) in [5.74, 6) is -4.38. The largest absolute Gasteiger partial charge is 0.434 e. The third-order valence-corrected chi connectivity index (χ3v) is 5.78. The Bertz CT molecular complexity index is 1180. The van der Waals surface area contributed by atoms with Gasteiger partial charge in [0.1, 0.15) is 5.82 Å². The van der Waals surface area contributed by atoms with Gasteiger partial charge in [-0.1, -0.05) is 13.0 Å². The molecule has 0 aliphatic carbocycles. The molecule has 1 amide bonds. The maximum atomic E-state index is 14.5. The molecule has 2 atom stereocenters. The van der Waals surface area contributed by atoms with Gasteiger partial charge in [-0.3, -0.25) is 14.5 Å². The van der Waals surface area contributed by atoms with E-state index in [1.165, 1.54) is 4.68 Å². The van der Waals surface area contributed by atoms with Crippen LogP contribution in [0.5, 0.6) is 0 Å². The lowest BCUT2D eigenvalue weighted by molar-refractivity contribution is -0.141. The van der Waals surface area contributed by atoms with Crippen molar-refractivity contribution in [2.75, 3.05) is 18.4 Å². The molecule has 0 spiro atoms. The molecule has 186 valence electrons. The smallest absolute Gasteiger partial charge is 0.367 e. The monoisotopic (exact) mass is 495 g/mol. The maximum Gasteiger partial charge on any atom is 0.434 e. The van der Waals surface area contributed by atoms with Crippen molar-refractivity contribution in [2.45, 2.75) is 31.5 Å². The highest BCUT2D eigenvalue weighted by molar-refractivity contribution is 5.99. The van der Waals surface area contributed by atoms with E-state index in [2.05, 4.69) is 25.4 Å². The van der Waals surface area contributed by atoms with E-state index >= 15 is 0 Å². The normalized spacial score (nSPS) is 20.0. The molecule has 13 heteroatoms. The zero-order chi connectivity index (χ0) is 25.4. The highest BCUT2D eigenvalue weighted by Gasteiger charge is 2.46. The van der Waals surface area contributed by atoms with Crippen LogP contribution < -0.4 is 5.32 Å². The van der Waals surface area contributed by atoms with Gasteiger partial charge in [0.05, 0.1) is 25.0 Å². The van der Waals surface area contributed by atoms with Crippen LogP contribution in [0.25, 0.3) is 11.1 Å². The molecule has 1 fully saturated rings. The first-order valence-electron chi connectivity index (χ1n) is 10.7. The lowest BCUT2D eigenvalue weighted by atomic mass is 9.88. The number of hydrogen-bond acceptors (Lipinski definition) is 6. The van der Waals surface area contributed by atoms with Crippen molar-refractivity contribution < 1.29 is 26.7 Å². The summed E-state index contributed by atoms with van der Waals surface area (Å²) >= 11 is 0. The van der Waals surface area contributed by atoms with Crippen molar-refractivity contribution in [3.63, 3.8) is 0 Å². The van der Waals surface area contributed by atoms with E-state index in [9.17, 15) is 26.7 Å². The molecule has 3 aromatic heterocycles. The number of likely N-dealkylation sites (tertiary alicyclic amines) is 1. The number of pyridine rings is 1. The van der Waals surface area contributed by atoms with Crippen LogP contribution in [-0.2, 0) is 13.2 Å². The van der Waals surface area contributed by atoms with Gasteiger partial charge in [-0.25, -0.2) is 18.7 Å². The average molecular weight is 495 g/mol. The molecule has 4 heterocycles. The highest BCUT2D eigenvalue weighted by Crippen LogP contribution is 2.36. The standard InChI is InChI=1S/C22H22F5N7O/c1-13-6-21(23,24)12-34(16(13)8-30-18-10-29-17(9-31-18)22(25,26)27)20(35)19-15(11-33(2)32-19)14-4-3-5-28-7-14/h3-5,7,9-11,13,16H,6,8,12H2,1-2H3,(H,30,31)/t13-,16?/m1/s1. The Balaban J connectivity index is 1.60. The zero-order valence-electron chi connectivity index (χ0n) is 18.8. The summed E-state index contributed by atoms with van der Waals surface area (Å²) in [6.45, 7) is 0.765. The van der Waals surface area contributed by atoms with Gasteiger partial charge in [-0.2, -0.15) is 18.3 Å². The SMILES string of the molecule is C[C@@H]1CC(F)(F)CN(C(=O)c2nn(C)cc2-c2cccnc2)C1CNc1cnc(C(F)(F)F)cn1. The van der Waals surface area contributed by atoms with Gasteiger partial charge >= 0.3 is 6.18 Å². The Morgan fingerprint density at radius 3 is 2.63 bits per heavy atom. The van der Waals surface area contributed by atoms with E-state index in [0.717, 1.165) is 11.1 Å². The van der Waals surface area contributed by atoms with Crippen LogP contribution in [0.2, 0.25) is 0 Å². The van der Waals surface area contributed by atoms with Crippen LogP contribution in [0, 0.1) is 5.92 Å². The Hall–Kier alpha value is -3.64. The molecule has 1 N–H and O–H groups in total. The number of amides is 1. The number of halogens is 5. The van der Waals surface area contributed by atoms with Crippen LogP contribution in [0.1, 0.15) is 29.5 Å². The highest BCUT2D eigenvalue weighted by atomic mass is 19.4. The fourth-order valence-electron chi connectivity index (χ4n) is 4.17. The molecular weight excluding hydrogens is 473 g/mol. The zero-order valence-corrected chi connectivity index (χ0v) is 18.8. The number of nitrogens with zero attached hydrogens (tertiary/aromatic N) is 6. The summed E-state index contributed by atoms with van der Waals surface area (Å²) in [6, 6.07) is 2.72. The van der Waals surface area contributed by atoms with Gasteiger partial charge in [0, 0.05) is 49.7 Å². The number of aromatic nitrogens is 5. The first-order valence-corrected chi connectivity index (χ1v) is 10.7. The molecule has 8 nitrogen and oxygen atoms in total. The summed E-state index contributed by atoms with van der Waals surface area (Å²) in [6.07, 6.45) is 1.14. The van der Waals surface area contributed by atoms with E-state index in [1.807, 2.05) is 0 Å². The van der Waals surface area contributed by atoms with Crippen molar-refractivity contribution in [1.29, 1.82) is 0 Å². The number of piperidine rings is 1. The number of alkyl halides is 5. The van der Waals surface area contributed by atoms with E-state index in [0.29, 0.717) is 17.3 Å². The van der Waals surface area contributed by atoms with E-state index < -0.39 is 48.6 Å². The number of hydrogen-bond donors (Lipinski definition) is 1. The number of nitrogens with one attached hydrogen (secondary N) is 1. The van der Waals surface area contributed by atoms with Crippen molar-refractivity contribution in [3.05, 3.63) is 54.5 Å². The van der Waals surface area contributed by atoms with Gasteiger partial charge in [0.2, 0.25) is 0 Å². The second kappa shape index (κ2) is 9.19. The molecule has 0 radical (unpaired) electrons. The quantitative estimate of drug-likeness (QED) is 0.541. The van der Waals surface area contributed by atoms with Crippen LogP contribution in [0.15, 0.2) is 43.1 Å². The topological polar surface area (TPSA) is 88.8 Å². The van der Waals surface area contributed by atoms with Crippen LogP contribution in [0.4, 0.5) is 27.8 Å². The van der Waals surface area contributed by atoms with Crippen LogP contribution in [-0.4, -0.2) is 60.6 Å². The molecular formula is C22H22F5N7O. The summed E-state index contributed by atoms with van der Waals surface area (Å²) in [5, 5.41) is 7.05. The van der Waals surface area contributed by atoms with E-state index in [1.54, 1.807) is 44.7 Å². The van der Waals surface area contributed by atoms with Crippen molar-refractivity contribution in [1.82, 2.24) is 29.6 Å². The summed E-state index contributed by atoms with van der Waals surface area (Å²) in [5.41, 5.74) is -0.0868. The lowest BCUT2D eigenvalue weighted by Gasteiger charge is -2.43. The Kier molecular flexibility index (Phi) is 6.43. The van der Waals surface area contributed by atoms with Crippen molar-refractivity contribution in [3.8, 4) is 11.1 Å². The fraction of sp³-hybridized carbons (Fsp3) is 0.409. The molecule has 1 unspecified atom stereocenters. The number of rotatable bonds is 5. The van der Waals surface area contributed by atoms with E-state index in [-0.39, 0.29) is 18.1 Å². The molecule has 1 aliphatic rings. The molecule has 0 aromatic carbocycles. The minimum Gasteiger partial charge on any atom is -0.367 e. The van der Waals surface area contributed by atoms with E-state index in [4.69, 9.17) is 0 Å². The summed E-state index contributed by atoms with van der Waals surface area (Å²) < 4.78 is 68.7. The number of aryl methyl sites for hydroxylation is 1. The van der Waals surface area contributed by atoms with Gasteiger partial charge in [0.15, 0.2) is 11.4 Å². The average Bonchev–Trinajstić information content (AvgIpc) is 3.19. The number of carbonyl (C=O) groups excluding carboxylic acids is 1. The Morgan fingerprint density at radius 1 is 1.23 bits per heavy atom. The molecule has 0 bridgehead atoms. The van der Waals surface area contributed by atoms with Crippen molar-refractivity contribution in [2.24, 2.45) is 13.0 Å². The predicted octanol–water partition coefficient (Wildman–Crippen LogP) is 3.89. The molecule has 1 saturated heterocycles. The lowest BCUT2D eigenvalue weighted by Crippen LogP contribution is -2.57. The second-order valence-corrected chi connectivity index (χ2v) is 8.51. The first-order chi connectivity index (χ1) is 16.4. The first kappa shape index (κ1) is 24.5. The van der Waals surface area contributed by atoms with Crippen LogP contribution >= 0.6 is 0 Å². The summed E-state index contributed by atoms with van der Waals surface area (Å²) in [4.78, 5) is 25.7. The minimum atomic E-state index is -4.63. The molecule has 1 aliphatic heterocycles. The third-order valence-electron chi connectivity index (χ3n) is 5.78. The maximum absolute atomic E-state index is 14.5.